The number of carboxylic acids is 1. The lowest BCUT2D eigenvalue weighted by molar-refractivity contribution is 0.0699. The zero-order valence-corrected chi connectivity index (χ0v) is 12.8. The third kappa shape index (κ3) is 2.35. The molecule has 0 aliphatic carbocycles. The number of hydrogen-bond acceptors (Lipinski definition) is 2. The van der Waals surface area contributed by atoms with Crippen molar-refractivity contribution >= 4 is 16.9 Å². The summed E-state index contributed by atoms with van der Waals surface area (Å²) in [4.78, 5) is 16.4. The Morgan fingerprint density at radius 2 is 1.82 bits per heavy atom. The molecule has 3 heteroatoms. The van der Waals surface area contributed by atoms with Crippen LogP contribution < -0.4 is 0 Å². The van der Waals surface area contributed by atoms with E-state index in [1.165, 1.54) is 0 Å². The van der Waals surface area contributed by atoms with E-state index in [1.807, 2.05) is 57.2 Å². The first-order valence-electron chi connectivity index (χ1n) is 7.18. The van der Waals surface area contributed by atoms with Gasteiger partial charge < -0.3 is 5.11 Å². The number of nitrogens with zero attached hydrogens (tertiary/aromatic N) is 1. The third-order valence-corrected chi connectivity index (χ3v) is 4.05. The predicted octanol–water partition coefficient (Wildman–Crippen LogP) is 4.53. The first-order valence-corrected chi connectivity index (χ1v) is 7.18. The molecule has 1 N–H and O–H groups in total. The number of aromatic nitrogens is 1. The highest BCUT2D eigenvalue weighted by molar-refractivity contribution is 6.04. The summed E-state index contributed by atoms with van der Waals surface area (Å²) >= 11 is 0. The molecular weight excluding hydrogens is 274 g/mol. The molecule has 0 atom stereocenters. The van der Waals surface area contributed by atoms with E-state index in [4.69, 9.17) is 4.98 Å². The average Bonchev–Trinajstić information content (AvgIpc) is 2.50. The molecule has 110 valence electrons. The summed E-state index contributed by atoms with van der Waals surface area (Å²) in [6.45, 7) is 6.00. The maximum Gasteiger partial charge on any atom is 0.336 e. The Hall–Kier alpha value is -2.68. The lowest BCUT2D eigenvalue weighted by Gasteiger charge is -2.11. The van der Waals surface area contributed by atoms with E-state index in [0.29, 0.717) is 16.6 Å². The van der Waals surface area contributed by atoms with Crippen LogP contribution in [0.4, 0.5) is 0 Å². The van der Waals surface area contributed by atoms with Crippen LogP contribution in [0.3, 0.4) is 0 Å². The third-order valence-electron chi connectivity index (χ3n) is 4.05. The van der Waals surface area contributed by atoms with E-state index in [0.717, 1.165) is 27.8 Å². The molecule has 1 heterocycles. The lowest BCUT2D eigenvalue weighted by Crippen LogP contribution is -2.02. The quantitative estimate of drug-likeness (QED) is 0.755. The Labute approximate surface area is 129 Å². The monoisotopic (exact) mass is 291 g/mol. The van der Waals surface area contributed by atoms with Crippen molar-refractivity contribution in [2.24, 2.45) is 0 Å². The molecule has 0 saturated heterocycles. The minimum atomic E-state index is -0.926. The van der Waals surface area contributed by atoms with Gasteiger partial charge in [-0.15, -0.1) is 0 Å². The van der Waals surface area contributed by atoms with Gasteiger partial charge >= 0.3 is 5.97 Å². The standard InChI is InChI=1S/C19H17NO2/c1-11-5-4-6-14(9-11)17-10-16(19(21)22)15-8-7-12(2)13(3)18(15)20-17/h4-10H,1-3H3,(H,21,22). The number of fused-ring (bicyclic) bond motifs is 1. The summed E-state index contributed by atoms with van der Waals surface area (Å²) in [5.74, 6) is -0.926. The molecule has 0 saturated carbocycles. The fourth-order valence-corrected chi connectivity index (χ4v) is 2.66. The summed E-state index contributed by atoms with van der Waals surface area (Å²) in [6.07, 6.45) is 0. The Bertz CT molecular complexity index is 897. The van der Waals surface area contributed by atoms with Crippen molar-refractivity contribution in [2.45, 2.75) is 20.8 Å². The molecule has 0 amide bonds. The summed E-state index contributed by atoms with van der Waals surface area (Å²) in [6, 6.07) is 13.4. The van der Waals surface area contributed by atoms with Crippen LogP contribution in [0.1, 0.15) is 27.0 Å². The fraction of sp³-hybridized carbons (Fsp3) is 0.158. The van der Waals surface area contributed by atoms with E-state index in [1.54, 1.807) is 6.07 Å². The van der Waals surface area contributed by atoms with Crippen molar-refractivity contribution in [3.05, 3.63) is 64.7 Å². The zero-order chi connectivity index (χ0) is 15.9. The van der Waals surface area contributed by atoms with Crippen LogP contribution in [0.2, 0.25) is 0 Å². The number of aryl methyl sites for hydroxylation is 3. The zero-order valence-electron chi connectivity index (χ0n) is 12.8. The Balaban J connectivity index is 2.37. The van der Waals surface area contributed by atoms with Gasteiger partial charge in [-0.25, -0.2) is 9.78 Å². The molecule has 0 aliphatic heterocycles. The highest BCUT2D eigenvalue weighted by Crippen LogP contribution is 2.28. The number of rotatable bonds is 2. The van der Waals surface area contributed by atoms with Crippen LogP contribution >= 0.6 is 0 Å². The average molecular weight is 291 g/mol. The van der Waals surface area contributed by atoms with Gasteiger partial charge in [0.25, 0.3) is 0 Å². The number of pyridine rings is 1. The minimum absolute atomic E-state index is 0.296. The first-order chi connectivity index (χ1) is 10.5. The second-order valence-corrected chi connectivity index (χ2v) is 5.63. The van der Waals surface area contributed by atoms with E-state index in [-0.39, 0.29) is 0 Å². The maximum absolute atomic E-state index is 11.6. The molecule has 22 heavy (non-hydrogen) atoms. The topological polar surface area (TPSA) is 50.2 Å². The summed E-state index contributed by atoms with van der Waals surface area (Å²) in [7, 11) is 0. The van der Waals surface area contributed by atoms with Gasteiger partial charge in [0.1, 0.15) is 0 Å². The molecule has 3 aromatic rings. The van der Waals surface area contributed by atoms with Crippen molar-refractivity contribution in [1.82, 2.24) is 4.98 Å². The number of carboxylic acid groups (broad SMARTS) is 1. The van der Waals surface area contributed by atoms with Gasteiger partial charge in [-0.2, -0.15) is 0 Å². The molecule has 0 aliphatic rings. The van der Waals surface area contributed by atoms with E-state index in [2.05, 4.69) is 0 Å². The minimum Gasteiger partial charge on any atom is -0.478 e. The Kier molecular flexibility index (Phi) is 3.41. The second kappa shape index (κ2) is 5.26. The number of carbonyl (C=O) groups is 1. The molecule has 0 fully saturated rings. The van der Waals surface area contributed by atoms with Crippen molar-refractivity contribution in [1.29, 1.82) is 0 Å². The highest BCUT2D eigenvalue weighted by Gasteiger charge is 2.15. The van der Waals surface area contributed by atoms with E-state index in [9.17, 15) is 9.90 Å². The molecule has 3 rings (SSSR count). The largest absolute Gasteiger partial charge is 0.478 e. The normalized spacial score (nSPS) is 10.9. The number of aromatic carboxylic acids is 1. The summed E-state index contributed by atoms with van der Waals surface area (Å²) in [5, 5.41) is 10.2. The van der Waals surface area contributed by atoms with Gasteiger partial charge in [0.05, 0.1) is 16.8 Å². The van der Waals surface area contributed by atoms with Crippen LogP contribution in [-0.2, 0) is 0 Å². The molecule has 0 bridgehead atoms. The SMILES string of the molecule is Cc1cccc(-c2cc(C(=O)O)c3ccc(C)c(C)c3n2)c1. The Morgan fingerprint density at radius 1 is 1.05 bits per heavy atom. The second-order valence-electron chi connectivity index (χ2n) is 5.63. The molecule has 0 spiro atoms. The van der Waals surface area contributed by atoms with Crippen LogP contribution in [0.5, 0.6) is 0 Å². The lowest BCUT2D eigenvalue weighted by atomic mass is 9.99. The molecule has 1 aromatic heterocycles. The molecule has 2 aromatic carbocycles. The van der Waals surface area contributed by atoms with Gasteiger partial charge in [0, 0.05) is 10.9 Å². The predicted molar refractivity (Wildman–Crippen MR) is 88.3 cm³/mol. The first kappa shape index (κ1) is 14.3. The van der Waals surface area contributed by atoms with Crippen LogP contribution in [0, 0.1) is 20.8 Å². The summed E-state index contributed by atoms with van der Waals surface area (Å²) in [5.41, 5.74) is 5.94. The number of hydrogen-bond donors (Lipinski definition) is 1. The highest BCUT2D eigenvalue weighted by atomic mass is 16.4. The van der Waals surface area contributed by atoms with Crippen LogP contribution in [-0.4, -0.2) is 16.1 Å². The number of benzene rings is 2. The summed E-state index contributed by atoms with van der Waals surface area (Å²) < 4.78 is 0. The van der Waals surface area contributed by atoms with Gasteiger partial charge in [-0.3, -0.25) is 0 Å². The van der Waals surface area contributed by atoms with E-state index < -0.39 is 5.97 Å². The van der Waals surface area contributed by atoms with Crippen LogP contribution in [0.15, 0.2) is 42.5 Å². The molecule has 3 nitrogen and oxygen atoms in total. The van der Waals surface area contributed by atoms with E-state index >= 15 is 0 Å². The van der Waals surface area contributed by atoms with Gasteiger partial charge in [-0.05, 0) is 44.0 Å². The van der Waals surface area contributed by atoms with Crippen molar-refractivity contribution in [3.63, 3.8) is 0 Å². The van der Waals surface area contributed by atoms with Gasteiger partial charge in [0.15, 0.2) is 0 Å². The van der Waals surface area contributed by atoms with Crippen molar-refractivity contribution in [2.75, 3.05) is 0 Å². The Morgan fingerprint density at radius 3 is 2.50 bits per heavy atom. The van der Waals surface area contributed by atoms with Gasteiger partial charge in [0.2, 0.25) is 0 Å². The smallest absolute Gasteiger partial charge is 0.336 e. The molecule has 0 radical (unpaired) electrons. The van der Waals surface area contributed by atoms with Crippen LogP contribution in [0.25, 0.3) is 22.2 Å². The van der Waals surface area contributed by atoms with Gasteiger partial charge in [-0.1, -0.05) is 35.9 Å². The maximum atomic E-state index is 11.6. The van der Waals surface area contributed by atoms with Crippen molar-refractivity contribution in [3.8, 4) is 11.3 Å². The molecular formula is C19H17NO2. The molecule has 0 unspecified atom stereocenters. The fourth-order valence-electron chi connectivity index (χ4n) is 2.66. The van der Waals surface area contributed by atoms with Crippen molar-refractivity contribution < 1.29 is 9.90 Å².